The van der Waals surface area contributed by atoms with Gasteiger partial charge in [0.15, 0.2) is 5.82 Å². The maximum Gasteiger partial charge on any atom is 0.156 e. The van der Waals surface area contributed by atoms with E-state index in [-0.39, 0.29) is 0 Å². The Balaban J connectivity index is 1.25. The molecule has 2 aromatic carbocycles. The quantitative estimate of drug-likeness (QED) is 0.267. The molecule has 33 heavy (non-hydrogen) atoms. The Labute approximate surface area is 199 Å². The van der Waals surface area contributed by atoms with Crippen molar-refractivity contribution in [2.75, 3.05) is 5.32 Å². The molecule has 6 aromatic rings. The van der Waals surface area contributed by atoms with E-state index in [2.05, 4.69) is 60.8 Å². The van der Waals surface area contributed by atoms with Crippen molar-refractivity contribution in [3.05, 3.63) is 93.9 Å². The molecule has 0 aliphatic rings. The van der Waals surface area contributed by atoms with Gasteiger partial charge in [0.05, 0.1) is 21.1 Å². The molecule has 0 saturated heterocycles. The molecule has 0 atom stereocenters. The summed E-state index contributed by atoms with van der Waals surface area (Å²) in [5, 5.41) is 15.3. The second kappa shape index (κ2) is 8.06. The van der Waals surface area contributed by atoms with Gasteiger partial charge in [-0.1, -0.05) is 35.3 Å². The van der Waals surface area contributed by atoms with E-state index < -0.39 is 0 Å². The molecule has 8 heteroatoms. The number of hydrogen-bond donors (Lipinski definition) is 3. The molecule has 6 nitrogen and oxygen atoms in total. The molecule has 3 N–H and O–H groups in total. The number of benzene rings is 2. The van der Waals surface area contributed by atoms with Gasteiger partial charge in [0.2, 0.25) is 0 Å². The Hall–Kier alpha value is -3.61. The zero-order valence-corrected chi connectivity index (χ0v) is 18.9. The lowest BCUT2D eigenvalue weighted by Crippen LogP contribution is -2.00. The van der Waals surface area contributed by atoms with Crippen LogP contribution in [0, 0.1) is 0 Å². The molecule has 4 aromatic heterocycles. The molecule has 0 aliphatic carbocycles. The van der Waals surface area contributed by atoms with Crippen molar-refractivity contribution in [1.82, 2.24) is 25.1 Å². The summed E-state index contributed by atoms with van der Waals surface area (Å²) in [7, 11) is 0. The van der Waals surface area contributed by atoms with Gasteiger partial charge >= 0.3 is 0 Å². The summed E-state index contributed by atoms with van der Waals surface area (Å²) < 4.78 is 0. The van der Waals surface area contributed by atoms with Crippen LogP contribution in [0.4, 0.5) is 5.82 Å². The first-order valence-electron chi connectivity index (χ1n) is 10.5. The van der Waals surface area contributed by atoms with Crippen molar-refractivity contribution < 1.29 is 0 Å². The van der Waals surface area contributed by atoms with Gasteiger partial charge in [0.25, 0.3) is 0 Å². The van der Waals surface area contributed by atoms with Gasteiger partial charge in [-0.05, 0) is 59.5 Å². The second-order valence-corrected chi connectivity index (χ2v) is 8.88. The highest BCUT2D eigenvalue weighted by Gasteiger charge is 2.09. The molecule has 0 aliphatic heterocycles. The average Bonchev–Trinajstić information content (AvgIpc) is 3.40. The van der Waals surface area contributed by atoms with Crippen LogP contribution in [0.3, 0.4) is 0 Å². The minimum absolute atomic E-state index is 0.590. The van der Waals surface area contributed by atoms with Crippen molar-refractivity contribution in [2.45, 2.75) is 13.0 Å². The third-order valence-corrected chi connectivity index (χ3v) is 6.26. The van der Waals surface area contributed by atoms with Crippen LogP contribution < -0.4 is 5.32 Å². The van der Waals surface area contributed by atoms with Gasteiger partial charge < -0.3 is 10.3 Å². The lowest BCUT2D eigenvalue weighted by atomic mass is 10.0. The number of nitrogens with zero attached hydrogens (tertiary/aromatic N) is 3. The van der Waals surface area contributed by atoms with Crippen molar-refractivity contribution >= 4 is 61.9 Å². The van der Waals surface area contributed by atoms with Gasteiger partial charge in [-0.25, -0.2) is 4.98 Å². The lowest BCUT2D eigenvalue weighted by molar-refractivity contribution is 1.06. The van der Waals surface area contributed by atoms with Crippen molar-refractivity contribution in [1.29, 1.82) is 0 Å². The van der Waals surface area contributed by atoms with E-state index in [0.717, 1.165) is 50.6 Å². The molecule has 0 amide bonds. The molecule has 0 fully saturated rings. The Bertz CT molecular complexity index is 1640. The van der Waals surface area contributed by atoms with Crippen molar-refractivity contribution in [3.63, 3.8) is 0 Å². The summed E-state index contributed by atoms with van der Waals surface area (Å²) in [6.45, 7) is 0.590. The van der Waals surface area contributed by atoms with Gasteiger partial charge in [-0.2, -0.15) is 5.10 Å². The normalized spacial score (nSPS) is 11.6. The predicted octanol–water partition coefficient (Wildman–Crippen LogP) is 6.50. The van der Waals surface area contributed by atoms with E-state index in [9.17, 15) is 0 Å². The number of H-pyrrole nitrogens is 2. The molecular weight excluding hydrogens is 455 g/mol. The molecule has 0 saturated carbocycles. The van der Waals surface area contributed by atoms with Crippen LogP contribution in [-0.2, 0) is 13.0 Å². The lowest BCUT2D eigenvalue weighted by Gasteiger charge is -2.07. The Morgan fingerprint density at radius 2 is 1.70 bits per heavy atom. The minimum atomic E-state index is 0.590. The summed E-state index contributed by atoms with van der Waals surface area (Å²) in [5.41, 5.74) is 6.13. The fourth-order valence-corrected chi connectivity index (χ4v) is 4.47. The van der Waals surface area contributed by atoms with Gasteiger partial charge in [-0.15, -0.1) is 0 Å². The first kappa shape index (κ1) is 20.0. The van der Waals surface area contributed by atoms with Crippen LogP contribution in [0.15, 0.2) is 67.1 Å². The van der Waals surface area contributed by atoms with Gasteiger partial charge in [0, 0.05) is 41.3 Å². The topological polar surface area (TPSA) is 82.3 Å². The van der Waals surface area contributed by atoms with E-state index in [1.165, 1.54) is 11.1 Å². The van der Waals surface area contributed by atoms with Crippen LogP contribution in [0.5, 0.6) is 0 Å². The number of anilines is 1. The zero-order chi connectivity index (χ0) is 22.4. The Morgan fingerprint density at radius 1 is 0.848 bits per heavy atom. The van der Waals surface area contributed by atoms with Crippen LogP contribution in [0.1, 0.15) is 16.7 Å². The largest absolute Gasteiger partial charge is 0.364 e. The maximum absolute atomic E-state index is 6.23. The number of rotatable bonds is 5. The highest BCUT2D eigenvalue weighted by atomic mass is 35.5. The minimum Gasteiger partial charge on any atom is -0.364 e. The third kappa shape index (κ3) is 3.88. The highest BCUT2D eigenvalue weighted by Crippen LogP contribution is 2.26. The average molecular weight is 473 g/mol. The standard InChI is InChI=1S/C25H18Cl2N6/c26-18-9-17-6-14(1-3-22(17)28-12-18)5-15-2-4-23-20(7-15)25(33-32-23)30-11-16-8-19-21(27)13-31-24(19)29-10-16/h1-4,6-10,12-13H,5,11H2,(H,29,31)(H2,30,32,33). The van der Waals surface area contributed by atoms with Crippen LogP contribution in [0.2, 0.25) is 10.0 Å². The van der Waals surface area contributed by atoms with Gasteiger partial charge in [0.1, 0.15) is 5.65 Å². The molecule has 0 unspecified atom stereocenters. The number of aromatic nitrogens is 5. The van der Waals surface area contributed by atoms with E-state index in [0.29, 0.717) is 16.6 Å². The van der Waals surface area contributed by atoms with Crippen LogP contribution in [-0.4, -0.2) is 25.1 Å². The molecular formula is C25H18Cl2N6. The molecule has 162 valence electrons. The Kier molecular flexibility index (Phi) is 4.89. The molecule has 4 heterocycles. The predicted molar refractivity (Wildman–Crippen MR) is 134 cm³/mol. The molecule has 0 radical (unpaired) electrons. The van der Waals surface area contributed by atoms with E-state index in [1.807, 2.05) is 24.4 Å². The Morgan fingerprint density at radius 3 is 2.64 bits per heavy atom. The van der Waals surface area contributed by atoms with Gasteiger partial charge in [-0.3, -0.25) is 10.1 Å². The number of fused-ring (bicyclic) bond motifs is 3. The first-order chi connectivity index (χ1) is 16.1. The SMILES string of the molecule is Clc1cnc2ccc(Cc3ccc4[nH]nc(NCc5cnc6[nH]cc(Cl)c6c5)c4c3)cc2c1. The fraction of sp³-hybridized carbons (Fsp3) is 0.0800. The number of nitrogens with one attached hydrogen (secondary N) is 3. The summed E-state index contributed by atoms with van der Waals surface area (Å²) in [4.78, 5) is 11.9. The summed E-state index contributed by atoms with van der Waals surface area (Å²) in [6, 6.07) is 16.6. The van der Waals surface area contributed by atoms with Crippen molar-refractivity contribution in [2.24, 2.45) is 0 Å². The monoisotopic (exact) mass is 472 g/mol. The number of pyridine rings is 2. The zero-order valence-electron chi connectivity index (χ0n) is 17.4. The summed E-state index contributed by atoms with van der Waals surface area (Å²) in [6.07, 6.45) is 6.06. The highest BCUT2D eigenvalue weighted by molar-refractivity contribution is 6.35. The second-order valence-electron chi connectivity index (χ2n) is 8.04. The fourth-order valence-electron chi connectivity index (χ4n) is 4.10. The number of hydrogen-bond acceptors (Lipinski definition) is 4. The van der Waals surface area contributed by atoms with Crippen molar-refractivity contribution in [3.8, 4) is 0 Å². The number of aromatic amines is 2. The maximum atomic E-state index is 6.23. The van der Waals surface area contributed by atoms with E-state index in [1.54, 1.807) is 12.4 Å². The van der Waals surface area contributed by atoms with Crippen LogP contribution >= 0.6 is 23.2 Å². The van der Waals surface area contributed by atoms with E-state index >= 15 is 0 Å². The number of halogens is 2. The smallest absolute Gasteiger partial charge is 0.156 e. The first-order valence-corrected chi connectivity index (χ1v) is 11.2. The summed E-state index contributed by atoms with van der Waals surface area (Å²) >= 11 is 12.3. The molecule has 0 bridgehead atoms. The van der Waals surface area contributed by atoms with E-state index in [4.69, 9.17) is 23.2 Å². The third-order valence-electron chi connectivity index (χ3n) is 5.74. The van der Waals surface area contributed by atoms with Crippen LogP contribution in [0.25, 0.3) is 32.8 Å². The molecule has 0 spiro atoms. The molecule has 6 rings (SSSR count). The summed E-state index contributed by atoms with van der Waals surface area (Å²) in [5.74, 6) is 0.807.